The van der Waals surface area contributed by atoms with Crippen LogP contribution in [-0.4, -0.2) is 14.6 Å². The molecule has 2 aromatic heterocycles. The quantitative estimate of drug-likeness (QED) is 0.809. The zero-order chi connectivity index (χ0) is 15.7. The topological polar surface area (TPSA) is 56.2 Å². The number of fused-ring (bicyclic) bond motifs is 1. The highest BCUT2D eigenvalue weighted by atomic mass is 19.4. The lowest BCUT2D eigenvalue weighted by Gasteiger charge is -2.08. The number of alkyl halides is 3. The van der Waals surface area contributed by atoms with Gasteiger partial charge in [0, 0.05) is 19.2 Å². The smallest absolute Gasteiger partial charge is 0.326 e. The summed E-state index contributed by atoms with van der Waals surface area (Å²) < 4.78 is 40.0. The molecule has 0 amide bonds. The second-order valence-corrected chi connectivity index (χ2v) is 4.96. The Kier molecular flexibility index (Phi) is 3.58. The number of nitrogens with two attached hydrogens (primary N) is 1. The summed E-state index contributed by atoms with van der Waals surface area (Å²) >= 11 is 0. The SMILES string of the molecule is NCc1ccn2c(Cc3cccc(C(F)(F)F)c3)nnc2c1. The Bertz CT molecular complexity index is 808. The third kappa shape index (κ3) is 2.80. The van der Waals surface area contributed by atoms with E-state index in [9.17, 15) is 13.2 Å². The molecule has 0 unspecified atom stereocenters. The number of halogens is 3. The minimum Gasteiger partial charge on any atom is -0.326 e. The van der Waals surface area contributed by atoms with Gasteiger partial charge in [-0.2, -0.15) is 13.2 Å². The zero-order valence-corrected chi connectivity index (χ0v) is 11.5. The van der Waals surface area contributed by atoms with Gasteiger partial charge >= 0.3 is 6.18 Å². The van der Waals surface area contributed by atoms with E-state index in [0.717, 1.165) is 17.7 Å². The van der Waals surface area contributed by atoms with Crippen LogP contribution in [0.3, 0.4) is 0 Å². The van der Waals surface area contributed by atoms with Crippen LogP contribution < -0.4 is 5.73 Å². The number of aromatic nitrogens is 3. The molecule has 0 radical (unpaired) electrons. The van der Waals surface area contributed by atoms with Crippen LogP contribution in [0.4, 0.5) is 13.2 Å². The van der Waals surface area contributed by atoms with Crippen LogP contribution >= 0.6 is 0 Å². The van der Waals surface area contributed by atoms with Crippen molar-refractivity contribution in [2.24, 2.45) is 5.73 Å². The van der Waals surface area contributed by atoms with E-state index < -0.39 is 11.7 Å². The first kappa shape index (κ1) is 14.5. The molecule has 0 spiro atoms. The first-order chi connectivity index (χ1) is 10.5. The molecule has 0 atom stereocenters. The van der Waals surface area contributed by atoms with Crippen molar-refractivity contribution in [2.75, 3.05) is 0 Å². The van der Waals surface area contributed by atoms with Gasteiger partial charge in [-0.1, -0.05) is 18.2 Å². The molecular weight excluding hydrogens is 293 g/mol. The van der Waals surface area contributed by atoms with Gasteiger partial charge in [0.2, 0.25) is 0 Å². The first-order valence-electron chi connectivity index (χ1n) is 6.66. The predicted octanol–water partition coefficient (Wildman–Crippen LogP) is 2.80. The molecule has 0 aliphatic carbocycles. The van der Waals surface area contributed by atoms with Gasteiger partial charge in [-0.05, 0) is 29.3 Å². The van der Waals surface area contributed by atoms with E-state index >= 15 is 0 Å². The van der Waals surface area contributed by atoms with Crippen LogP contribution in [0.15, 0.2) is 42.6 Å². The molecule has 2 heterocycles. The highest BCUT2D eigenvalue weighted by molar-refractivity contribution is 5.42. The van der Waals surface area contributed by atoms with Crippen molar-refractivity contribution in [3.8, 4) is 0 Å². The van der Waals surface area contributed by atoms with Gasteiger partial charge in [0.1, 0.15) is 5.82 Å². The Hall–Kier alpha value is -2.41. The summed E-state index contributed by atoms with van der Waals surface area (Å²) in [6.45, 7) is 0.395. The maximum atomic E-state index is 12.7. The fourth-order valence-electron chi connectivity index (χ4n) is 2.27. The molecule has 3 rings (SSSR count). The van der Waals surface area contributed by atoms with Crippen molar-refractivity contribution in [1.29, 1.82) is 0 Å². The molecule has 0 aliphatic heterocycles. The van der Waals surface area contributed by atoms with Crippen molar-refractivity contribution in [3.05, 3.63) is 65.1 Å². The Morgan fingerprint density at radius 3 is 2.59 bits per heavy atom. The number of hydrogen-bond donors (Lipinski definition) is 1. The summed E-state index contributed by atoms with van der Waals surface area (Å²) in [4.78, 5) is 0. The molecule has 2 N–H and O–H groups in total. The number of pyridine rings is 1. The van der Waals surface area contributed by atoms with Crippen molar-refractivity contribution >= 4 is 5.65 Å². The molecule has 0 fully saturated rings. The van der Waals surface area contributed by atoms with E-state index in [1.165, 1.54) is 6.07 Å². The Labute approximate surface area is 124 Å². The second-order valence-electron chi connectivity index (χ2n) is 4.96. The van der Waals surface area contributed by atoms with E-state index in [-0.39, 0.29) is 6.42 Å². The normalized spacial score (nSPS) is 12.0. The van der Waals surface area contributed by atoms with E-state index in [0.29, 0.717) is 23.6 Å². The fourth-order valence-corrected chi connectivity index (χ4v) is 2.27. The maximum Gasteiger partial charge on any atom is 0.416 e. The van der Waals surface area contributed by atoms with Crippen LogP contribution in [0.1, 0.15) is 22.5 Å². The lowest BCUT2D eigenvalue weighted by molar-refractivity contribution is -0.137. The molecule has 0 saturated heterocycles. The van der Waals surface area contributed by atoms with E-state index in [1.54, 1.807) is 16.7 Å². The number of nitrogens with zero attached hydrogens (tertiary/aromatic N) is 3. The third-order valence-corrected chi connectivity index (χ3v) is 3.40. The zero-order valence-electron chi connectivity index (χ0n) is 11.5. The summed E-state index contributed by atoms with van der Waals surface area (Å²) in [5.74, 6) is 0.581. The minimum absolute atomic E-state index is 0.271. The van der Waals surface area contributed by atoms with Crippen molar-refractivity contribution in [1.82, 2.24) is 14.6 Å². The molecule has 7 heteroatoms. The lowest BCUT2D eigenvalue weighted by Crippen LogP contribution is -2.06. The maximum absolute atomic E-state index is 12.7. The average molecular weight is 306 g/mol. The number of rotatable bonds is 3. The third-order valence-electron chi connectivity index (χ3n) is 3.40. The van der Waals surface area contributed by atoms with Crippen molar-refractivity contribution in [2.45, 2.75) is 19.1 Å². The standard InChI is InChI=1S/C15H13F3N4/c16-15(17,18)12-3-1-2-10(6-12)7-13-20-21-14-8-11(9-19)4-5-22(13)14/h1-6,8H,7,9,19H2. The second kappa shape index (κ2) is 5.42. The summed E-state index contributed by atoms with van der Waals surface area (Å²) in [6, 6.07) is 8.88. The molecule has 0 bridgehead atoms. The van der Waals surface area contributed by atoms with Gasteiger partial charge in [0.25, 0.3) is 0 Å². The largest absolute Gasteiger partial charge is 0.416 e. The van der Waals surface area contributed by atoms with Gasteiger partial charge in [0.05, 0.1) is 5.56 Å². The molecule has 4 nitrogen and oxygen atoms in total. The summed E-state index contributed by atoms with van der Waals surface area (Å²) in [5.41, 5.74) is 6.99. The number of benzene rings is 1. The Morgan fingerprint density at radius 1 is 1.05 bits per heavy atom. The van der Waals surface area contributed by atoms with Crippen LogP contribution in [0.25, 0.3) is 5.65 Å². The minimum atomic E-state index is -4.35. The average Bonchev–Trinajstić information content (AvgIpc) is 2.89. The highest BCUT2D eigenvalue weighted by Gasteiger charge is 2.30. The molecule has 0 aliphatic rings. The van der Waals surface area contributed by atoms with Gasteiger partial charge < -0.3 is 5.73 Å². The van der Waals surface area contributed by atoms with Crippen LogP contribution in [-0.2, 0) is 19.1 Å². The van der Waals surface area contributed by atoms with E-state index in [4.69, 9.17) is 5.73 Å². The predicted molar refractivity (Wildman–Crippen MR) is 75.1 cm³/mol. The summed E-state index contributed by atoms with van der Waals surface area (Å²) in [6.07, 6.45) is -2.30. The monoisotopic (exact) mass is 306 g/mol. The Morgan fingerprint density at radius 2 is 1.86 bits per heavy atom. The van der Waals surface area contributed by atoms with E-state index in [2.05, 4.69) is 10.2 Å². The molecule has 1 aromatic carbocycles. The molecular formula is C15H13F3N4. The van der Waals surface area contributed by atoms with E-state index in [1.807, 2.05) is 12.1 Å². The van der Waals surface area contributed by atoms with Gasteiger partial charge in [0.15, 0.2) is 5.65 Å². The summed E-state index contributed by atoms with van der Waals surface area (Å²) in [7, 11) is 0. The molecule has 114 valence electrons. The molecule has 22 heavy (non-hydrogen) atoms. The van der Waals surface area contributed by atoms with Crippen LogP contribution in [0.5, 0.6) is 0 Å². The van der Waals surface area contributed by atoms with Crippen molar-refractivity contribution < 1.29 is 13.2 Å². The van der Waals surface area contributed by atoms with Gasteiger partial charge in [-0.15, -0.1) is 10.2 Å². The van der Waals surface area contributed by atoms with Crippen molar-refractivity contribution in [3.63, 3.8) is 0 Å². The summed E-state index contributed by atoms with van der Waals surface area (Å²) in [5, 5.41) is 8.08. The number of hydrogen-bond acceptors (Lipinski definition) is 3. The lowest BCUT2D eigenvalue weighted by atomic mass is 10.1. The van der Waals surface area contributed by atoms with Gasteiger partial charge in [-0.25, -0.2) is 0 Å². The van der Waals surface area contributed by atoms with Crippen LogP contribution in [0.2, 0.25) is 0 Å². The Balaban J connectivity index is 1.93. The highest BCUT2D eigenvalue weighted by Crippen LogP contribution is 2.29. The van der Waals surface area contributed by atoms with Crippen LogP contribution in [0, 0.1) is 0 Å². The first-order valence-corrected chi connectivity index (χ1v) is 6.66. The van der Waals surface area contributed by atoms with Gasteiger partial charge in [-0.3, -0.25) is 4.40 Å². The molecule has 3 aromatic rings. The molecule has 0 saturated carbocycles. The fraction of sp³-hybridized carbons (Fsp3) is 0.200.